The second-order valence-corrected chi connectivity index (χ2v) is 5.71. The van der Waals surface area contributed by atoms with Gasteiger partial charge in [-0.05, 0) is 32.4 Å². The minimum atomic E-state index is -1.07. The fourth-order valence-electron chi connectivity index (χ4n) is 1.85. The molecule has 1 rings (SSSR count). The number of carboxylic acids is 1. The maximum Gasteiger partial charge on any atom is 0.412 e. The fraction of sp³-hybridized carbons (Fsp3) is 0.467. The van der Waals surface area contributed by atoms with E-state index in [1.807, 2.05) is 0 Å². The van der Waals surface area contributed by atoms with Gasteiger partial charge in [-0.25, -0.2) is 4.79 Å². The predicted molar refractivity (Wildman–Crippen MR) is 82.3 cm³/mol. The van der Waals surface area contributed by atoms with E-state index >= 15 is 0 Å². The first-order chi connectivity index (χ1) is 10.2. The Morgan fingerprint density at radius 1 is 1.36 bits per heavy atom. The lowest BCUT2D eigenvalue weighted by Crippen LogP contribution is -2.28. The standard InChI is InChI=1S/C15H22N2O5/c1-15(2,3)22-14(20)17-12-7-9(21-4)5-6-10(12)11(8-16)13(18)19/h5-7,11H,8,16H2,1-4H3,(H,17,20)(H,18,19). The number of nitrogens with one attached hydrogen (secondary N) is 1. The highest BCUT2D eigenvalue weighted by atomic mass is 16.6. The second-order valence-electron chi connectivity index (χ2n) is 5.71. The number of methoxy groups -OCH3 is 1. The molecule has 0 aliphatic carbocycles. The van der Waals surface area contributed by atoms with Crippen LogP contribution in [0, 0.1) is 0 Å². The van der Waals surface area contributed by atoms with Crippen LogP contribution < -0.4 is 15.8 Å². The van der Waals surface area contributed by atoms with Gasteiger partial charge >= 0.3 is 12.1 Å². The number of amides is 1. The lowest BCUT2D eigenvalue weighted by molar-refractivity contribution is -0.138. The molecule has 0 aliphatic rings. The number of anilines is 1. The van der Waals surface area contributed by atoms with Crippen molar-refractivity contribution in [3.05, 3.63) is 23.8 Å². The van der Waals surface area contributed by atoms with Crippen LogP contribution in [0.1, 0.15) is 32.3 Å². The molecule has 4 N–H and O–H groups in total. The van der Waals surface area contributed by atoms with Crippen molar-refractivity contribution in [2.75, 3.05) is 19.0 Å². The van der Waals surface area contributed by atoms with Crippen LogP contribution in [0.2, 0.25) is 0 Å². The van der Waals surface area contributed by atoms with Crippen LogP contribution in [0.3, 0.4) is 0 Å². The number of rotatable bonds is 5. The zero-order chi connectivity index (χ0) is 16.9. The maximum absolute atomic E-state index is 11.9. The highest BCUT2D eigenvalue weighted by molar-refractivity contribution is 5.89. The van der Waals surface area contributed by atoms with Crippen LogP contribution in [0.5, 0.6) is 5.75 Å². The van der Waals surface area contributed by atoms with E-state index in [2.05, 4.69) is 5.32 Å². The molecule has 0 fully saturated rings. The summed E-state index contributed by atoms with van der Waals surface area (Å²) in [6.07, 6.45) is -0.678. The molecule has 1 aromatic carbocycles. The van der Waals surface area contributed by atoms with Gasteiger partial charge in [0.1, 0.15) is 11.4 Å². The van der Waals surface area contributed by atoms with Gasteiger partial charge in [-0.15, -0.1) is 0 Å². The summed E-state index contributed by atoms with van der Waals surface area (Å²) in [6.45, 7) is 5.11. The van der Waals surface area contributed by atoms with Crippen molar-refractivity contribution in [2.45, 2.75) is 32.3 Å². The van der Waals surface area contributed by atoms with Crippen molar-refractivity contribution in [3.63, 3.8) is 0 Å². The number of carbonyl (C=O) groups is 2. The Bertz CT molecular complexity index is 551. The molecule has 1 atom stereocenters. The Kier molecular flexibility index (Phi) is 5.76. The van der Waals surface area contributed by atoms with Gasteiger partial charge in [-0.3, -0.25) is 10.1 Å². The molecule has 122 valence electrons. The summed E-state index contributed by atoms with van der Waals surface area (Å²) in [5.74, 6) is -1.52. The minimum absolute atomic E-state index is 0.0926. The van der Waals surface area contributed by atoms with Crippen molar-refractivity contribution in [2.24, 2.45) is 5.73 Å². The first-order valence-corrected chi connectivity index (χ1v) is 6.78. The van der Waals surface area contributed by atoms with Gasteiger partial charge in [0, 0.05) is 12.6 Å². The summed E-state index contributed by atoms with van der Waals surface area (Å²) in [5.41, 5.74) is 5.55. The number of carboxylic acid groups (broad SMARTS) is 1. The van der Waals surface area contributed by atoms with Crippen molar-refractivity contribution in [1.82, 2.24) is 0 Å². The maximum atomic E-state index is 11.9. The number of aliphatic carboxylic acids is 1. The van der Waals surface area contributed by atoms with E-state index in [-0.39, 0.29) is 6.54 Å². The fourth-order valence-corrected chi connectivity index (χ4v) is 1.85. The van der Waals surface area contributed by atoms with Crippen LogP contribution in [0.15, 0.2) is 18.2 Å². The SMILES string of the molecule is COc1ccc(C(CN)C(=O)O)c(NC(=O)OC(C)(C)C)c1. The molecule has 0 aromatic heterocycles. The lowest BCUT2D eigenvalue weighted by Gasteiger charge is -2.21. The summed E-state index contributed by atoms with van der Waals surface area (Å²) in [5, 5.41) is 11.8. The zero-order valence-electron chi connectivity index (χ0n) is 13.2. The van der Waals surface area contributed by atoms with Crippen LogP contribution in [-0.4, -0.2) is 36.4 Å². The van der Waals surface area contributed by atoms with E-state index in [1.165, 1.54) is 13.2 Å². The van der Waals surface area contributed by atoms with Crippen molar-refractivity contribution < 1.29 is 24.2 Å². The number of nitrogens with two attached hydrogens (primary N) is 1. The van der Waals surface area contributed by atoms with E-state index in [4.69, 9.17) is 15.2 Å². The summed E-state index contributed by atoms with van der Waals surface area (Å²) in [4.78, 5) is 23.2. The van der Waals surface area contributed by atoms with Gasteiger partial charge in [0.2, 0.25) is 0 Å². The van der Waals surface area contributed by atoms with Gasteiger partial charge < -0.3 is 20.3 Å². The molecule has 7 nitrogen and oxygen atoms in total. The zero-order valence-corrected chi connectivity index (χ0v) is 13.2. The Balaban J connectivity index is 3.14. The monoisotopic (exact) mass is 310 g/mol. The third-order valence-corrected chi connectivity index (χ3v) is 2.81. The molecule has 0 heterocycles. The minimum Gasteiger partial charge on any atom is -0.497 e. The average Bonchev–Trinajstić information content (AvgIpc) is 2.38. The van der Waals surface area contributed by atoms with E-state index in [0.717, 1.165) is 0 Å². The molecular weight excluding hydrogens is 288 g/mol. The molecule has 1 amide bonds. The first-order valence-electron chi connectivity index (χ1n) is 6.78. The largest absolute Gasteiger partial charge is 0.497 e. The smallest absolute Gasteiger partial charge is 0.412 e. The van der Waals surface area contributed by atoms with Gasteiger partial charge in [0.15, 0.2) is 0 Å². The van der Waals surface area contributed by atoms with E-state index in [0.29, 0.717) is 17.0 Å². The van der Waals surface area contributed by atoms with Gasteiger partial charge in [0.05, 0.1) is 18.7 Å². The quantitative estimate of drug-likeness (QED) is 0.768. The number of hydrogen-bond acceptors (Lipinski definition) is 5. The second kappa shape index (κ2) is 7.13. The molecule has 22 heavy (non-hydrogen) atoms. The molecule has 7 heteroatoms. The normalized spacial score (nSPS) is 12.4. The van der Waals surface area contributed by atoms with Crippen LogP contribution in [0.4, 0.5) is 10.5 Å². The van der Waals surface area contributed by atoms with E-state index in [9.17, 15) is 14.7 Å². The molecule has 0 saturated heterocycles. The van der Waals surface area contributed by atoms with Crippen LogP contribution >= 0.6 is 0 Å². The molecular formula is C15H22N2O5. The van der Waals surface area contributed by atoms with Crippen LogP contribution in [-0.2, 0) is 9.53 Å². The molecule has 0 bridgehead atoms. The Labute approximate surface area is 129 Å². The third-order valence-electron chi connectivity index (χ3n) is 2.81. The summed E-state index contributed by atoms with van der Waals surface area (Å²) in [7, 11) is 1.48. The Morgan fingerprint density at radius 2 is 2.00 bits per heavy atom. The number of benzene rings is 1. The lowest BCUT2D eigenvalue weighted by atomic mass is 9.97. The van der Waals surface area contributed by atoms with Crippen molar-refractivity contribution >= 4 is 17.7 Å². The third kappa shape index (κ3) is 4.92. The molecule has 1 unspecified atom stereocenters. The number of carbonyl (C=O) groups excluding carboxylic acids is 1. The average molecular weight is 310 g/mol. The molecule has 0 saturated carbocycles. The number of ether oxygens (including phenoxy) is 2. The Morgan fingerprint density at radius 3 is 2.45 bits per heavy atom. The highest BCUT2D eigenvalue weighted by Gasteiger charge is 2.24. The first kappa shape index (κ1) is 17.8. The summed E-state index contributed by atoms with van der Waals surface area (Å²) >= 11 is 0. The summed E-state index contributed by atoms with van der Waals surface area (Å²) < 4.78 is 10.3. The van der Waals surface area contributed by atoms with Gasteiger partial charge in [-0.1, -0.05) is 6.07 Å². The molecule has 0 spiro atoms. The predicted octanol–water partition coefficient (Wildman–Crippen LogP) is 2.17. The molecule has 0 radical (unpaired) electrons. The van der Waals surface area contributed by atoms with E-state index in [1.54, 1.807) is 32.9 Å². The summed E-state index contributed by atoms with van der Waals surface area (Å²) in [6, 6.07) is 4.71. The van der Waals surface area contributed by atoms with Gasteiger partial charge in [-0.2, -0.15) is 0 Å². The molecule has 1 aromatic rings. The Hall–Kier alpha value is -2.28. The van der Waals surface area contributed by atoms with Crippen molar-refractivity contribution in [3.8, 4) is 5.75 Å². The van der Waals surface area contributed by atoms with E-state index < -0.39 is 23.6 Å². The van der Waals surface area contributed by atoms with Crippen LogP contribution in [0.25, 0.3) is 0 Å². The number of hydrogen-bond donors (Lipinski definition) is 3. The van der Waals surface area contributed by atoms with Crippen molar-refractivity contribution in [1.29, 1.82) is 0 Å². The topological polar surface area (TPSA) is 111 Å². The van der Waals surface area contributed by atoms with Gasteiger partial charge in [0.25, 0.3) is 0 Å². The highest BCUT2D eigenvalue weighted by Crippen LogP contribution is 2.29. The molecule has 0 aliphatic heterocycles.